The van der Waals surface area contributed by atoms with E-state index in [1.807, 2.05) is 34.6 Å². The summed E-state index contributed by atoms with van der Waals surface area (Å²) < 4.78 is 26.4. The zero-order valence-electron chi connectivity index (χ0n) is 16.6. The van der Waals surface area contributed by atoms with Gasteiger partial charge in [-0.15, -0.1) is 0 Å². The summed E-state index contributed by atoms with van der Waals surface area (Å²) >= 11 is 0. The Labute approximate surface area is 158 Å². The van der Waals surface area contributed by atoms with Gasteiger partial charge in [0, 0.05) is 26.1 Å². The highest BCUT2D eigenvalue weighted by atomic mass is 32.2. The smallest absolute Gasteiger partial charge is 0.243 e. The van der Waals surface area contributed by atoms with Crippen molar-refractivity contribution in [1.29, 1.82) is 0 Å². The van der Waals surface area contributed by atoms with E-state index in [-0.39, 0.29) is 16.7 Å². The fraction of sp³-hybridized carbons (Fsp3) is 0.632. The number of nitrogens with two attached hydrogens (primary N) is 1. The van der Waals surface area contributed by atoms with Crippen LogP contribution in [0.5, 0.6) is 0 Å². The predicted octanol–water partition coefficient (Wildman–Crippen LogP) is 2.14. The zero-order chi connectivity index (χ0) is 20.0. The van der Waals surface area contributed by atoms with Crippen molar-refractivity contribution in [2.45, 2.75) is 57.9 Å². The van der Waals surface area contributed by atoms with Crippen molar-refractivity contribution in [3.8, 4) is 0 Å². The Kier molecular flexibility index (Phi) is 8.24. The molecule has 0 radical (unpaired) electrons. The summed E-state index contributed by atoms with van der Waals surface area (Å²) in [5.41, 5.74) is 6.30. The summed E-state index contributed by atoms with van der Waals surface area (Å²) in [5, 5.41) is 3.01. The van der Waals surface area contributed by atoms with Gasteiger partial charge in [0.05, 0.1) is 10.4 Å². The molecule has 1 aromatic rings. The summed E-state index contributed by atoms with van der Waals surface area (Å²) in [6, 6.07) is 6.76. The Morgan fingerprint density at radius 1 is 1.19 bits per heavy atom. The standard InChI is InChI=1S/C19H33N3O3S/c1-6-22(7-2)26(24,25)17-11-8-16(9-12-17)10-13-18(23)21-19(5,14-20)15(3)4/h8-9,11-12,15H,6-7,10,13-14,20H2,1-5H3,(H,21,23). The normalized spacial score (nSPS) is 14.5. The van der Waals surface area contributed by atoms with Gasteiger partial charge in [-0.05, 0) is 37.0 Å². The first-order valence-corrected chi connectivity index (χ1v) is 10.6. The number of nitrogens with zero attached hydrogens (tertiary/aromatic N) is 1. The molecule has 7 heteroatoms. The number of rotatable bonds is 10. The molecule has 6 nitrogen and oxygen atoms in total. The van der Waals surface area contributed by atoms with Gasteiger partial charge in [-0.3, -0.25) is 4.79 Å². The third kappa shape index (κ3) is 5.53. The Hall–Kier alpha value is -1.44. The minimum atomic E-state index is -3.45. The molecule has 1 rings (SSSR count). The maximum absolute atomic E-state index is 12.5. The molecule has 1 unspecified atom stereocenters. The fourth-order valence-corrected chi connectivity index (χ4v) is 4.07. The number of carbonyl (C=O) groups is 1. The van der Waals surface area contributed by atoms with Crippen LogP contribution in [0.2, 0.25) is 0 Å². The highest BCUT2D eigenvalue weighted by Crippen LogP contribution is 2.18. The average Bonchev–Trinajstić information content (AvgIpc) is 2.60. The zero-order valence-corrected chi connectivity index (χ0v) is 17.4. The van der Waals surface area contributed by atoms with Crippen molar-refractivity contribution in [2.75, 3.05) is 19.6 Å². The van der Waals surface area contributed by atoms with Crippen LogP contribution in [-0.2, 0) is 21.2 Å². The van der Waals surface area contributed by atoms with E-state index >= 15 is 0 Å². The van der Waals surface area contributed by atoms with Crippen LogP contribution in [0, 0.1) is 5.92 Å². The van der Waals surface area contributed by atoms with E-state index in [1.54, 1.807) is 24.3 Å². The lowest BCUT2D eigenvalue weighted by molar-refractivity contribution is -0.123. The molecule has 26 heavy (non-hydrogen) atoms. The van der Waals surface area contributed by atoms with Crippen LogP contribution in [0.3, 0.4) is 0 Å². The molecule has 1 aromatic carbocycles. The fourth-order valence-electron chi connectivity index (χ4n) is 2.61. The van der Waals surface area contributed by atoms with Crippen molar-refractivity contribution in [3.05, 3.63) is 29.8 Å². The van der Waals surface area contributed by atoms with Crippen molar-refractivity contribution >= 4 is 15.9 Å². The molecule has 0 aromatic heterocycles. The number of aryl methyl sites for hydroxylation is 1. The Morgan fingerprint density at radius 3 is 2.15 bits per heavy atom. The second-order valence-electron chi connectivity index (χ2n) is 7.06. The van der Waals surface area contributed by atoms with Crippen LogP contribution in [-0.4, -0.2) is 43.8 Å². The predicted molar refractivity (Wildman–Crippen MR) is 105 cm³/mol. The Bertz CT molecular complexity index is 682. The monoisotopic (exact) mass is 383 g/mol. The summed E-state index contributed by atoms with van der Waals surface area (Å²) in [5.74, 6) is 0.188. The molecule has 1 atom stereocenters. The first-order chi connectivity index (χ1) is 12.1. The van der Waals surface area contributed by atoms with Gasteiger partial charge in [0.2, 0.25) is 15.9 Å². The number of carbonyl (C=O) groups excluding carboxylic acids is 1. The van der Waals surface area contributed by atoms with Gasteiger partial charge in [0.15, 0.2) is 0 Å². The maximum atomic E-state index is 12.5. The number of nitrogens with one attached hydrogen (secondary N) is 1. The number of hydrogen-bond acceptors (Lipinski definition) is 4. The van der Waals surface area contributed by atoms with Crippen LogP contribution in [0.4, 0.5) is 0 Å². The number of hydrogen-bond donors (Lipinski definition) is 2. The topological polar surface area (TPSA) is 92.5 Å². The molecule has 0 aliphatic carbocycles. The molecule has 0 fully saturated rings. The lowest BCUT2D eigenvalue weighted by Gasteiger charge is -2.33. The molecule has 0 saturated heterocycles. The number of sulfonamides is 1. The van der Waals surface area contributed by atoms with Crippen molar-refractivity contribution < 1.29 is 13.2 Å². The molecule has 3 N–H and O–H groups in total. The molecular weight excluding hydrogens is 350 g/mol. The third-order valence-corrected chi connectivity index (χ3v) is 7.09. The first-order valence-electron chi connectivity index (χ1n) is 9.20. The lowest BCUT2D eigenvalue weighted by atomic mass is 9.88. The quantitative estimate of drug-likeness (QED) is 0.647. The molecule has 0 heterocycles. The Morgan fingerprint density at radius 2 is 1.73 bits per heavy atom. The van der Waals surface area contributed by atoms with E-state index < -0.39 is 15.6 Å². The van der Waals surface area contributed by atoms with Crippen LogP contribution >= 0.6 is 0 Å². The third-order valence-electron chi connectivity index (χ3n) is 5.03. The van der Waals surface area contributed by atoms with Gasteiger partial charge in [-0.1, -0.05) is 39.8 Å². The van der Waals surface area contributed by atoms with Crippen molar-refractivity contribution in [2.24, 2.45) is 11.7 Å². The van der Waals surface area contributed by atoms with E-state index in [1.165, 1.54) is 4.31 Å². The summed E-state index contributed by atoms with van der Waals surface area (Å²) in [4.78, 5) is 12.5. The van der Waals surface area contributed by atoms with Crippen LogP contribution in [0.25, 0.3) is 0 Å². The van der Waals surface area contributed by atoms with Crippen LogP contribution < -0.4 is 11.1 Å². The molecule has 0 spiro atoms. The number of benzene rings is 1. The van der Waals surface area contributed by atoms with Gasteiger partial charge in [-0.2, -0.15) is 4.31 Å². The van der Waals surface area contributed by atoms with Gasteiger partial charge in [-0.25, -0.2) is 8.42 Å². The van der Waals surface area contributed by atoms with E-state index in [4.69, 9.17) is 5.73 Å². The average molecular weight is 384 g/mol. The van der Waals surface area contributed by atoms with Gasteiger partial charge in [0.1, 0.15) is 0 Å². The minimum Gasteiger partial charge on any atom is -0.349 e. The SMILES string of the molecule is CCN(CC)S(=O)(=O)c1ccc(CCC(=O)NC(C)(CN)C(C)C)cc1. The maximum Gasteiger partial charge on any atom is 0.243 e. The first kappa shape index (κ1) is 22.6. The molecule has 0 saturated carbocycles. The minimum absolute atomic E-state index is 0.0495. The summed E-state index contributed by atoms with van der Waals surface area (Å²) in [6.45, 7) is 10.9. The largest absolute Gasteiger partial charge is 0.349 e. The Balaban J connectivity index is 2.73. The van der Waals surface area contributed by atoms with E-state index in [2.05, 4.69) is 5.32 Å². The van der Waals surface area contributed by atoms with Gasteiger partial charge >= 0.3 is 0 Å². The molecular formula is C19H33N3O3S. The lowest BCUT2D eigenvalue weighted by Crippen LogP contribution is -2.55. The van der Waals surface area contributed by atoms with Gasteiger partial charge in [0.25, 0.3) is 0 Å². The van der Waals surface area contributed by atoms with Crippen molar-refractivity contribution in [3.63, 3.8) is 0 Å². The second kappa shape index (κ2) is 9.48. The van der Waals surface area contributed by atoms with E-state index in [0.717, 1.165) is 5.56 Å². The van der Waals surface area contributed by atoms with E-state index in [0.29, 0.717) is 32.5 Å². The molecule has 0 aliphatic rings. The molecule has 0 bridgehead atoms. The van der Waals surface area contributed by atoms with Crippen LogP contribution in [0.1, 0.15) is 46.6 Å². The summed E-state index contributed by atoms with van der Waals surface area (Å²) in [7, 11) is -3.45. The highest BCUT2D eigenvalue weighted by molar-refractivity contribution is 7.89. The van der Waals surface area contributed by atoms with Crippen LogP contribution in [0.15, 0.2) is 29.2 Å². The number of amides is 1. The highest BCUT2D eigenvalue weighted by Gasteiger charge is 2.28. The summed E-state index contributed by atoms with van der Waals surface area (Å²) in [6.07, 6.45) is 0.890. The molecule has 1 amide bonds. The molecule has 148 valence electrons. The second-order valence-corrected chi connectivity index (χ2v) is 9.00. The molecule has 0 aliphatic heterocycles. The van der Waals surface area contributed by atoms with Gasteiger partial charge < -0.3 is 11.1 Å². The van der Waals surface area contributed by atoms with E-state index in [9.17, 15) is 13.2 Å². The van der Waals surface area contributed by atoms with Crippen molar-refractivity contribution in [1.82, 2.24) is 9.62 Å².